The lowest BCUT2D eigenvalue weighted by atomic mass is 9.99. The highest BCUT2D eigenvalue weighted by atomic mass is 19.1. The van der Waals surface area contributed by atoms with E-state index in [1.165, 1.54) is 62.3 Å². The highest BCUT2D eigenvalue weighted by Gasteiger charge is 2.39. The number of hydrogen-bond acceptors (Lipinski definition) is 27. The van der Waals surface area contributed by atoms with Crippen molar-refractivity contribution >= 4 is 91.0 Å². The average molecular weight is 2030 g/mol. The number of halogens is 4. The van der Waals surface area contributed by atoms with Gasteiger partial charge in [0.15, 0.2) is 28.4 Å². The molecular weight excluding hydrogens is 1910 g/mol. The van der Waals surface area contributed by atoms with Crippen molar-refractivity contribution in [2.24, 2.45) is 0 Å². The Kier molecular flexibility index (Phi) is 31.6. The Hall–Kier alpha value is -15.6. The summed E-state index contributed by atoms with van der Waals surface area (Å²) in [5.41, 5.74) is 7.28. The molecule has 20 rings (SSSR count). The van der Waals surface area contributed by atoms with Crippen LogP contribution in [0.25, 0.3) is 66.9 Å². The van der Waals surface area contributed by atoms with Gasteiger partial charge in [-0.2, -0.15) is 24.9 Å². The second-order valence-electron chi connectivity index (χ2n) is 39.6. The van der Waals surface area contributed by atoms with Crippen LogP contribution in [-0.4, -0.2) is 244 Å². The molecule has 4 atom stereocenters. The first kappa shape index (κ1) is 105. The summed E-state index contributed by atoms with van der Waals surface area (Å²) in [6, 6.07) is 12.4. The number of rotatable bonds is 12. The molecule has 0 spiro atoms. The fourth-order valence-corrected chi connectivity index (χ4v) is 20.7. The minimum atomic E-state index is -0.670. The second kappa shape index (κ2) is 45.0. The molecule has 8 aliphatic heterocycles. The van der Waals surface area contributed by atoms with E-state index in [4.69, 9.17) is 29.2 Å². The van der Waals surface area contributed by atoms with Crippen LogP contribution in [0.5, 0.6) is 17.4 Å². The second-order valence-corrected chi connectivity index (χ2v) is 39.6. The largest absolute Gasteiger partial charge is 0.491 e. The first-order valence-electron chi connectivity index (χ1n) is 51.0. The maximum absolute atomic E-state index is 15.4. The number of allylic oxidation sites excluding steroid dienone is 2. The average Bonchev–Trinajstić information content (AvgIpc) is 1.13. The highest BCUT2D eigenvalue weighted by Crippen LogP contribution is 2.42. The number of anilines is 4. The molecule has 149 heavy (non-hydrogen) atoms. The molecule has 0 radical (unpaired) electrons. The SMILES string of the molecule is C=CC(=O)N1CCN(c2nc(=O)n3c4nc(c(F)cc24)CCC=CCc2ccnc(C(C)C)c2-3)[C@@H](C)C1.C=CC(=O)N1CCN(c2nc(=O)n3c4nc(c(F)cc24)CCCCCc2ccnc(C(C)C)c2-3)[C@@H](C)C1.C=CC(=O)N1CCN(c2nc(=O)n3c4nc(c(F)cc24)CCCCOc2ccnc(C(C)C)c2-3)[C@@H](C)C1.C=CC(=O)N1CCN(c2nc(=O)n3c4nc(c(F)cc24)OC/C=C\COc2ccnc(C(C)C)c2-3)[C@@H](C)C1. The number of amides is 4. The molecule has 4 saturated heterocycles. The molecule has 20 heterocycles. The van der Waals surface area contributed by atoms with Gasteiger partial charge in [-0.1, -0.05) is 100 Å². The molecule has 778 valence electrons. The number of pyridine rings is 8. The normalized spacial score (nSPS) is 18.0. The summed E-state index contributed by atoms with van der Waals surface area (Å²) >= 11 is 0. The molecular formula is C110H124F4N24O11. The minimum Gasteiger partial charge on any atom is -0.491 e. The van der Waals surface area contributed by atoms with Crippen molar-refractivity contribution < 1.29 is 51.0 Å². The van der Waals surface area contributed by atoms with Gasteiger partial charge in [0.25, 0.3) is 5.88 Å². The molecule has 0 N–H and O–H groups in total. The number of hydrogen-bond donors (Lipinski definition) is 0. The topological polar surface area (TPSA) is 365 Å². The van der Waals surface area contributed by atoms with Gasteiger partial charge in [-0.25, -0.2) is 70.0 Å². The Balaban J connectivity index is 0.000000135. The third-order valence-corrected chi connectivity index (χ3v) is 28.2. The smallest absolute Gasteiger partial charge is 0.356 e. The molecule has 35 nitrogen and oxygen atoms in total. The van der Waals surface area contributed by atoms with Gasteiger partial charge in [0.2, 0.25) is 23.6 Å². The van der Waals surface area contributed by atoms with Crippen LogP contribution in [0, 0.1) is 23.3 Å². The first-order valence-corrected chi connectivity index (χ1v) is 51.0. The van der Waals surface area contributed by atoms with Gasteiger partial charge in [-0.15, -0.1) is 0 Å². The number of fused-ring (bicyclic) bond motifs is 12. The number of aromatic nitrogens is 16. The lowest BCUT2D eigenvalue weighted by molar-refractivity contribution is -0.127. The standard InChI is InChI=1S/C28H33FN6O2.C28H31FN6O2.C27H29FN6O4.C27H31FN6O3/c2*1-5-23(36)33-13-14-34(18(4)16-33)26-20-15-21(29)22-10-8-6-7-9-19-11-12-30-24(17(2)3)25(19)35(27(20)31-22)28(37)32-26;1-5-21(35)32-10-11-33(17(4)15-32)24-18-14-19(28)26-30-25(18)34(27(36)31-24)23-20(37-12-6-7-13-38-26)8-9-29-22(23)16(2)3;1-5-22(35)32-11-12-33(17(4)15-32)25-18-14-19(28)20-8-6-7-13-37-21-9-10-29-23(16(2)3)24(21)34(26(18)30-20)27(36)31-25/h5,11-12,15,17-18H,1,6-10,13-14,16H2,2-4H3;5-7,11-12,15,17-18H,1,8-10,13-14,16H2,2-4H3;5-9,14,16-17H,1,10-13,15H2,2-4H3;5,9-10,14,16-17H,1,6-8,11-13,15H2,2-4H3/b;;7-6-;/t2*18-;2*17-/m0000/s1. The Labute approximate surface area is 859 Å². The summed E-state index contributed by atoms with van der Waals surface area (Å²) in [5, 5.41) is 1.72. The van der Waals surface area contributed by atoms with Crippen LogP contribution < -0.4 is 56.6 Å². The summed E-state index contributed by atoms with van der Waals surface area (Å²) in [6.07, 6.45) is 27.1. The lowest BCUT2D eigenvalue weighted by Crippen LogP contribution is -2.54. The third kappa shape index (κ3) is 21.3. The van der Waals surface area contributed by atoms with Gasteiger partial charge in [0.05, 0.1) is 79.4 Å². The zero-order chi connectivity index (χ0) is 106. The summed E-state index contributed by atoms with van der Waals surface area (Å²) < 4.78 is 84.9. The van der Waals surface area contributed by atoms with Crippen molar-refractivity contribution in [3.63, 3.8) is 0 Å². The number of nitrogens with zero attached hydrogens (tertiary/aromatic N) is 24. The fraction of sp³-hybridized carbons (Fsp3) is 0.418. The van der Waals surface area contributed by atoms with E-state index < -0.39 is 40.2 Å². The van der Waals surface area contributed by atoms with E-state index in [0.29, 0.717) is 248 Å². The molecule has 12 aromatic heterocycles. The molecule has 0 aliphatic carbocycles. The van der Waals surface area contributed by atoms with Crippen molar-refractivity contribution in [3.8, 4) is 40.1 Å². The number of carbonyl (C=O) groups excluding carboxylic acids is 4. The van der Waals surface area contributed by atoms with Crippen LogP contribution >= 0.6 is 0 Å². The maximum Gasteiger partial charge on any atom is 0.356 e. The van der Waals surface area contributed by atoms with Crippen molar-refractivity contribution in [1.82, 2.24) is 97.7 Å². The summed E-state index contributed by atoms with van der Waals surface area (Å²) in [7, 11) is 0. The molecule has 8 bridgehead atoms. The first-order chi connectivity index (χ1) is 71.7. The Bertz CT molecular complexity index is 7320. The molecule has 12 aromatic rings. The van der Waals surface area contributed by atoms with Crippen LogP contribution in [-0.2, 0) is 51.3 Å². The zero-order valence-corrected chi connectivity index (χ0v) is 86.1. The van der Waals surface area contributed by atoms with Gasteiger partial charge in [0.1, 0.15) is 76.8 Å². The monoisotopic (exact) mass is 2030 g/mol. The lowest BCUT2D eigenvalue weighted by Gasteiger charge is -2.40. The predicted molar refractivity (Wildman–Crippen MR) is 563 cm³/mol. The molecule has 0 unspecified atom stereocenters. The molecule has 39 heteroatoms. The van der Waals surface area contributed by atoms with Gasteiger partial charge >= 0.3 is 22.8 Å². The molecule has 0 saturated carbocycles. The van der Waals surface area contributed by atoms with E-state index in [1.807, 2.05) is 127 Å². The Morgan fingerprint density at radius 3 is 1.06 bits per heavy atom. The van der Waals surface area contributed by atoms with E-state index in [-0.39, 0.29) is 102 Å². The quantitative estimate of drug-likeness (QED) is 0.0623. The number of ether oxygens (including phenoxy) is 3. The summed E-state index contributed by atoms with van der Waals surface area (Å²) in [6.45, 7) is 44.1. The van der Waals surface area contributed by atoms with Crippen molar-refractivity contribution in [3.05, 3.63) is 264 Å². The predicted octanol–water partition coefficient (Wildman–Crippen LogP) is 14.0. The Morgan fingerprint density at radius 1 is 0.356 bits per heavy atom. The molecule has 4 fully saturated rings. The van der Waals surface area contributed by atoms with E-state index >= 15 is 17.6 Å². The fourth-order valence-electron chi connectivity index (χ4n) is 20.7. The van der Waals surface area contributed by atoms with Gasteiger partial charge in [-0.05, 0) is 200 Å². The number of carbonyl (C=O) groups is 4. The number of aryl methyl sites for hydroxylation is 4. The van der Waals surface area contributed by atoms with Crippen molar-refractivity contribution in [1.29, 1.82) is 0 Å². The van der Waals surface area contributed by atoms with Crippen LogP contribution in [0.15, 0.2) is 167 Å². The van der Waals surface area contributed by atoms with Crippen molar-refractivity contribution in [2.75, 3.05) is 118 Å². The van der Waals surface area contributed by atoms with Crippen molar-refractivity contribution in [2.45, 2.75) is 202 Å². The van der Waals surface area contributed by atoms with E-state index in [2.05, 4.69) is 71.2 Å². The van der Waals surface area contributed by atoms with E-state index in [0.717, 1.165) is 54.6 Å². The maximum atomic E-state index is 15.4. The van der Waals surface area contributed by atoms with Crippen LogP contribution in [0.1, 0.15) is 196 Å². The van der Waals surface area contributed by atoms with E-state index in [9.17, 15) is 38.4 Å². The van der Waals surface area contributed by atoms with Gasteiger partial charge in [0, 0.05) is 140 Å². The number of piperazine rings is 4. The van der Waals surface area contributed by atoms with Crippen LogP contribution in [0.4, 0.5) is 40.8 Å². The molecule has 0 aromatic carbocycles. The minimum absolute atomic E-state index is 0.0132. The van der Waals surface area contributed by atoms with Gasteiger partial charge in [-0.3, -0.25) is 39.1 Å². The van der Waals surface area contributed by atoms with Crippen LogP contribution in [0.2, 0.25) is 0 Å². The molecule has 8 aliphatic rings. The van der Waals surface area contributed by atoms with Crippen LogP contribution in [0.3, 0.4) is 0 Å². The van der Waals surface area contributed by atoms with E-state index in [1.54, 1.807) is 73.2 Å². The molecule has 4 amide bonds. The Morgan fingerprint density at radius 2 is 0.678 bits per heavy atom. The third-order valence-electron chi connectivity index (χ3n) is 28.2. The van der Waals surface area contributed by atoms with Gasteiger partial charge < -0.3 is 53.4 Å². The summed E-state index contributed by atoms with van der Waals surface area (Å²) in [5.74, 6) is -0.272. The zero-order valence-electron chi connectivity index (χ0n) is 86.1. The highest BCUT2D eigenvalue weighted by molar-refractivity contribution is 5.95. The summed E-state index contributed by atoms with van der Waals surface area (Å²) in [4.78, 5) is 174.